The van der Waals surface area contributed by atoms with Gasteiger partial charge in [-0.05, 0) is 0 Å². The molecule has 1 aromatic rings. The van der Waals surface area contributed by atoms with Gasteiger partial charge in [0, 0.05) is 0 Å². The van der Waals surface area contributed by atoms with E-state index in [4.69, 9.17) is 0 Å². The van der Waals surface area contributed by atoms with Crippen LogP contribution in [0.4, 0.5) is 0 Å². The molecule has 1 aromatic heterocycles. The van der Waals surface area contributed by atoms with Crippen LogP contribution in [0.3, 0.4) is 0 Å². The van der Waals surface area contributed by atoms with Crippen molar-refractivity contribution in [2.24, 2.45) is 0 Å². The number of hydrogen-bond donors (Lipinski definition) is 1. The maximum absolute atomic E-state index is 3.56. The summed E-state index contributed by atoms with van der Waals surface area (Å²) in [5.41, 5.74) is 0. The fourth-order valence-corrected chi connectivity index (χ4v) is 0.167. The van der Waals surface area contributed by atoms with E-state index < -0.39 is 0 Å². The second-order valence-corrected chi connectivity index (χ2v) is 0.652. The molecule has 0 radical (unpaired) electrons. The SMILES string of the molecule is [Ag+].c1nc[nH]n1. The quantitative estimate of drug-likeness (QED) is 0.557. The Hall–Kier alpha value is -0.120. The van der Waals surface area contributed by atoms with Gasteiger partial charge in [0.15, 0.2) is 0 Å². The second kappa shape index (κ2) is 3.09. The summed E-state index contributed by atoms with van der Waals surface area (Å²) in [6.07, 6.45) is 2.96. The fourth-order valence-electron chi connectivity index (χ4n) is 0.167. The minimum Gasteiger partial charge on any atom is -0.266 e. The number of aromatic amines is 1. The summed E-state index contributed by atoms with van der Waals surface area (Å²) in [4.78, 5) is 3.56. The number of H-pyrrole nitrogens is 1. The Morgan fingerprint density at radius 3 is 2.50 bits per heavy atom. The van der Waals surface area contributed by atoms with Gasteiger partial charge in [-0.1, -0.05) is 0 Å². The molecule has 1 N–H and O–H groups in total. The molecule has 6 heavy (non-hydrogen) atoms. The molecule has 0 spiro atoms. The van der Waals surface area contributed by atoms with Crippen LogP contribution in [0.15, 0.2) is 12.7 Å². The van der Waals surface area contributed by atoms with Crippen molar-refractivity contribution in [1.29, 1.82) is 0 Å². The van der Waals surface area contributed by atoms with Crippen molar-refractivity contribution < 1.29 is 22.4 Å². The molecule has 1 rings (SSSR count). The summed E-state index contributed by atoms with van der Waals surface area (Å²) in [6.45, 7) is 0. The van der Waals surface area contributed by atoms with Gasteiger partial charge in [0.2, 0.25) is 0 Å². The summed E-state index contributed by atoms with van der Waals surface area (Å²) < 4.78 is 0. The van der Waals surface area contributed by atoms with Gasteiger partial charge in [-0.15, -0.1) is 0 Å². The van der Waals surface area contributed by atoms with E-state index in [0.29, 0.717) is 0 Å². The summed E-state index contributed by atoms with van der Waals surface area (Å²) in [7, 11) is 0. The summed E-state index contributed by atoms with van der Waals surface area (Å²) in [5.74, 6) is 0. The van der Waals surface area contributed by atoms with E-state index in [0.717, 1.165) is 0 Å². The number of aromatic nitrogens is 3. The van der Waals surface area contributed by atoms with E-state index in [1.54, 1.807) is 0 Å². The van der Waals surface area contributed by atoms with Crippen LogP contribution >= 0.6 is 0 Å². The Kier molecular flexibility index (Phi) is 3.02. The maximum Gasteiger partial charge on any atom is 1.00 e. The Bertz CT molecular complexity index is 65.3. The van der Waals surface area contributed by atoms with Gasteiger partial charge in [-0.3, -0.25) is 5.10 Å². The molecule has 0 aliphatic rings. The van der Waals surface area contributed by atoms with Crippen LogP contribution in [0, 0.1) is 0 Å². The molecule has 1 heterocycles. The first kappa shape index (κ1) is 5.88. The van der Waals surface area contributed by atoms with Crippen LogP contribution < -0.4 is 0 Å². The van der Waals surface area contributed by atoms with E-state index in [9.17, 15) is 0 Å². The first-order valence-corrected chi connectivity index (χ1v) is 1.29. The van der Waals surface area contributed by atoms with Crippen molar-refractivity contribution >= 4 is 0 Å². The maximum atomic E-state index is 3.56. The van der Waals surface area contributed by atoms with Gasteiger partial charge in [0.25, 0.3) is 0 Å². The van der Waals surface area contributed by atoms with Gasteiger partial charge in [-0.25, -0.2) is 4.98 Å². The number of hydrogen-bond acceptors (Lipinski definition) is 2. The van der Waals surface area contributed by atoms with Crippen molar-refractivity contribution in [2.75, 3.05) is 0 Å². The second-order valence-electron chi connectivity index (χ2n) is 0.652. The average molecular weight is 177 g/mol. The van der Waals surface area contributed by atoms with Crippen LogP contribution in [-0.2, 0) is 22.4 Å². The molecule has 0 amide bonds. The van der Waals surface area contributed by atoms with E-state index in [2.05, 4.69) is 15.2 Å². The molecule has 0 aliphatic carbocycles. The van der Waals surface area contributed by atoms with Crippen LogP contribution in [0.25, 0.3) is 0 Å². The Balaban J connectivity index is 0.000000250. The van der Waals surface area contributed by atoms with E-state index in [1.807, 2.05) is 0 Å². The van der Waals surface area contributed by atoms with E-state index >= 15 is 0 Å². The molecule has 3 nitrogen and oxygen atoms in total. The van der Waals surface area contributed by atoms with Crippen LogP contribution in [0.2, 0.25) is 0 Å². The summed E-state index contributed by atoms with van der Waals surface area (Å²) in [6, 6.07) is 0. The van der Waals surface area contributed by atoms with Crippen LogP contribution in [-0.4, -0.2) is 15.2 Å². The van der Waals surface area contributed by atoms with Crippen molar-refractivity contribution in [3.05, 3.63) is 12.7 Å². The Morgan fingerprint density at radius 2 is 2.33 bits per heavy atom. The van der Waals surface area contributed by atoms with Crippen molar-refractivity contribution in [3.8, 4) is 0 Å². The number of rotatable bonds is 0. The third-order valence-electron chi connectivity index (χ3n) is 0.331. The molecule has 0 saturated heterocycles. The minimum absolute atomic E-state index is 0. The topological polar surface area (TPSA) is 41.6 Å². The largest absolute Gasteiger partial charge is 1.00 e. The third-order valence-corrected chi connectivity index (χ3v) is 0.331. The first-order chi connectivity index (χ1) is 2.50. The first-order valence-electron chi connectivity index (χ1n) is 1.29. The minimum atomic E-state index is 0. The van der Waals surface area contributed by atoms with E-state index in [-0.39, 0.29) is 22.4 Å². The molecule has 0 atom stereocenters. The summed E-state index contributed by atoms with van der Waals surface area (Å²) >= 11 is 0. The van der Waals surface area contributed by atoms with Gasteiger partial charge in [0.05, 0.1) is 0 Å². The van der Waals surface area contributed by atoms with Gasteiger partial charge < -0.3 is 0 Å². The molecule has 0 saturated carbocycles. The molecule has 4 heteroatoms. The fraction of sp³-hybridized carbons (Fsp3) is 0. The zero-order valence-electron chi connectivity index (χ0n) is 2.85. The number of nitrogens with zero attached hydrogens (tertiary/aromatic N) is 2. The molecule has 0 aliphatic heterocycles. The van der Waals surface area contributed by atoms with Crippen LogP contribution in [0.1, 0.15) is 0 Å². The predicted octanol–water partition coefficient (Wildman–Crippen LogP) is -0.198. The van der Waals surface area contributed by atoms with Crippen molar-refractivity contribution in [2.45, 2.75) is 0 Å². The molecular weight excluding hydrogens is 174 g/mol. The predicted molar refractivity (Wildman–Crippen MR) is 16.4 cm³/mol. The molecule has 0 fully saturated rings. The van der Waals surface area contributed by atoms with Crippen molar-refractivity contribution in [1.82, 2.24) is 15.2 Å². The zero-order chi connectivity index (χ0) is 3.54. The Morgan fingerprint density at radius 1 is 1.50 bits per heavy atom. The monoisotopic (exact) mass is 176 g/mol. The number of nitrogens with one attached hydrogen (secondary N) is 1. The third kappa shape index (κ3) is 1.35. The van der Waals surface area contributed by atoms with Gasteiger partial charge in [0.1, 0.15) is 12.7 Å². The van der Waals surface area contributed by atoms with Crippen LogP contribution in [0.5, 0.6) is 0 Å². The molecular formula is C2H3AgN3+. The standard InChI is InChI=1S/C2H3N3.Ag/c1-3-2-5-4-1;/h1-2H,(H,3,4,5);/q;+1. The molecule has 0 unspecified atom stereocenters. The molecule has 36 valence electrons. The van der Waals surface area contributed by atoms with Gasteiger partial charge >= 0.3 is 22.4 Å². The van der Waals surface area contributed by atoms with E-state index in [1.165, 1.54) is 12.7 Å². The Labute approximate surface area is 50.7 Å². The van der Waals surface area contributed by atoms with Gasteiger partial charge in [-0.2, -0.15) is 5.10 Å². The molecule has 0 bridgehead atoms. The normalized spacial score (nSPS) is 6.67. The average Bonchev–Trinajstić information content (AvgIpc) is 1.76. The smallest absolute Gasteiger partial charge is 0.266 e. The van der Waals surface area contributed by atoms with Crippen molar-refractivity contribution in [3.63, 3.8) is 0 Å². The summed E-state index contributed by atoms with van der Waals surface area (Å²) in [5, 5.41) is 5.99. The zero-order valence-corrected chi connectivity index (χ0v) is 4.33. The molecule has 0 aromatic carbocycles.